The number of urea groups is 1. The quantitative estimate of drug-likeness (QED) is 0.293. The second kappa shape index (κ2) is 13.3. The average Bonchev–Trinajstić information content (AvgIpc) is 3.16. The molecule has 3 N–H and O–H groups in total. The lowest BCUT2D eigenvalue weighted by Crippen LogP contribution is -2.50. The first-order valence-electron chi connectivity index (χ1n) is 14.5. The molecule has 5 rings (SSSR count). The van der Waals surface area contributed by atoms with Crippen LogP contribution in [0.4, 0.5) is 4.79 Å². The van der Waals surface area contributed by atoms with Crippen molar-refractivity contribution in [1.82, 2.24) is 15.1 Å². The van der Waals surface area contributed by atoms with Crippen molar-refractivity contribution in [3.63, 3.8) is 0 Å². The van der Waals surface area contributed by atoms with Crippen LogP contribution in [0.3, 0.4) is 0 Å². The summed E-state index contributed by atoms with van der Waals surface area (Å²) in [5.74, 6) is 1.28. The van der Waals surface area contributed by atoms with E-state index in [9.17, 15) is 14.4 Å². The minimum absolute atomic E-state index is 0.163. The number of aryl methyl sites for hydroxylation is 1. The van der Waals surface area contributed by atoms with Gasteiger partial charge in [-0.25, -0.2) is 9.59 Å². The molecule has 0 bridgehead atoms. The number of amides is 3. The number of ether oxygens (including phenoxy) is 4. The van der Waals surface area contributed by atoms with Gasteiger partial charge in [0.25, 0.3) is 0 Å². The number of piperazine rings is 1. The first kappa shape index (κ1) is 30.7. The molecule has 0 radical (unpaired) electrons. The number of carbonyl (C=O) groups is 3. The Morgan fingerprint density at radius 3 is 2.34 bits per heavy atom. The molecule has 232 valence electrons. The third kappa shape index (κ3) is 6.42. The zero-order chi connectivity index (χ0) is 31.4. The Balaban J connectivity index is 1.42. The van der Waals surface area contributed by atoms with Crippen molar-refractivity contribution in [1.29, 1.82) is 0 Å². The number of primary amides is 1. The van der Waals surface area contributed by atoms with Crippen molar-refractivity contribution < 1.29 is 33.3 Å². The van der Waals surface area contributed by atoms with Gasteiger partial charge < -0.3 is 34.9 Å². The number of hydrogen-bond donors (Lipinski definition) is 2. The largest absolute Gasteiger partial charge is 0.493 e. The van der Waals surface area contributed by atoms with Crippen LogP contribution in [0.25, 0.3) is 11.1 Å². The number of carbonyl (C=O) groups excluding carboxylic acids is 3. The van der Waals surface area contributed by atoms with E-state index >= 15 is 0 Å². The van der Waals surface area contributed by atoms with E-state index in [-0.39, 0.29) is 11.9 Å². The summed E-state index contributed by atoms with van der Waals surface area (Å²) in [4.78, 5) is 40.8. The standard InChI is InChI=1S/C33H38N4O7/c1-20(38)35-27-11-8-22-17-28(41-2)30(42-3)31(43-4)29(22)25-10-9-24(18-26(25)27)44-32(39)23-7-5-6-21(16-23)19-36-12-14-37(15-13-36)33(34)40/h5-7,9-10,16-18,27H,8,11-15,19H2,1-4H3,(H2,34,40)(H,35,38)/t27-/m0/s1. The lowest BCUT2D eigenvalue weighted by molar-refractivity contribution is -0.119. The molecule has 11 nitrogen and oxygen atoms in total. The number of hydrogen-bond acceptors (Lipinski definition) is 8. The first-order chi connectivity index (χ1) is 21.2. The molecule has 1 aliphatic carbocycles. The highest BCUT2D eigenvalue weighted by Gasteiger charge is 2.30. The Kier molecular flexibility index (Phi) is 9.24. The maximum Gasteiger partial charge on any atom is 0.343 e. The van der Waals surface area contributed by atoms with Crippen molar-refractivity contribution in [3.8, 4) is 34.1 Å². The van der Waals surface area contributed by atoms with Crippen molar-refractivity contribution >= 4 is 17.9 Å². The smallest absolute Gasteiger partial charge is 0.343 e. The van der Waals surface area contributed by atoms with Crippen LogP contribution in [0.5, 0.6) is 23.0 Å². The third-order valence-corrected chi connectivity index (χ3v) is 8.12. The van der Waals surface area contributed by atoms with E-state index in [1.807, 2.05) is 30.3 Å². The Morgan fingerprint density at radius 2 is 1.68 bits per heavy atom. The fraction of sp³-hybridized carbons (Fsp3) is 0.364. The molecule has 2 aliphatic rings. The molecule has 0 saturated carbocycles. The number of benzene rings is 3. The van der Waals surface area contributed by atoms with Crippen LogP contribution in [-0.2, 0) is 17.8 Å². The van der Waals surface area contributed by atoms with Crippen LogP contribution in [0.1, 0.15) is 46.4 Å². The summed E-state index contributed by atoms with van der Waals surface area (Å²) in [5.41, 5.74) is 10.3. The summed E-state index contributed by atoms with van der Waals surface area (Å²) in [6.45, 7) is 4.68. The summed E-state index contributed by atoms with van der Waals surface area (Å²) in [7, 11) is 4.72. The number of nitrogens with zero attached hydrogens (tertiary/aromatic N) is 2. The van der Waals surface area contributed by atoms with Crippen LogP contribution in [-0.4, -0.2) is 75.2 Å². The van der Waals surface area contributed by atoms with Crippen molar-refractivity contribution in [2.45, 2.75) is 32.4 Å². The predicted octanol–water partition coefficient (Wildman–Crippen LogP) is 3.92. The molecule has 0 unspecified atom stereocenters. The van der Waals surface area contributed by atoms with E-state index in [1.165, 1.54) is 6.92 Å². The van der Waals surface area contributed by atoms with Crippen LogP contribution < -0.4 is 30.0 Å². The number of nitrogens with two attached hydrogens (primary N) is 1. The van der Waals surface area contributed by atoms with E-state index in [0.717, 1.165) is 27.8 Å². The molecule has 1 fully saturated rings. The lowest BCUT2D eigenvalue weighted by atomic mass is 9.93. The van der Waals surface area contributed by atoms with Crippen LogP contribution in [0, 0.1) is 0 Å². The highest BCUT2D eigenvalue weighted by Crippen LogP contribution is 2.50. The SMILES string of the molecule is COc1cc2c(c(OC)c1OC)-c1ccc(OC(=O)c3cccc(CN4CCN(C(N)=O)CC4)c3)cc1[C@@H](NC(C)=O)CC2. The first-order valence-corrected chi connectivity index (χ1v) is 14.5. The Morgan fingerprint density at radius 1 is 0.932 bits per heavy atom. The van der Waals surface area contributed by atoms with Crippen LogP contribution >= 0.6 is 0 Å². The predicted molar refractivity (Wildman–Crippen MR) is 164 cm³/mol. The van der Waals surface area contributed by atoms with Crippen molar-refractivity contribution in [2.24, 2.45) is 5.73 Å². The summed E-state index contributed by atoms with van der Waals surface area (Å²) < 4.78 is 22.9. The second-order valence-electron chi connectivity index (χ2n) is 10.9. The van der Waals surface area contributed by atoms with E-state index < -0.39 is 12.0 Å². The normalized spacial score (nSPS) is 16.2. The van der Waals surface area contributed by atoms with Gasteiger partial charge in [0.1, 0.15) is 5.75 Å². The second-order valence-corrected chi connectivity index (χ2v) is 10.9. The third-order valence-electron chi connectivity index (χ3n) is 8.12. The molecule has 3 aromatic carbocycles. The number of nitrogens with one attached hydrogen (secondary N) is 1. The Bertz CT molecular complexity index is 1570. The highest BCUT2D eigenvalue weighted by atomic mass is 16.5. The lowest BCUT2D eigenvalue weighted by Gasteiger charge is -2.33. The van der Waals surface area contributed by atoms with Gasteiger partial charge in [0.2, 0.25) is 11.7 Å². The van der Waals surface area contributed by atoms with Crippen molar-refractivity contribution in [2.75, 3.05) is 47.5 Å². The Hall–Kier alpha value is -4.77. The Labute approximate surface area is 256 Å². The van der Waals surface area contributed by atoms with Gasteiger partial charge in [0, 0.05) is 45.2 Å². The van der Waals surface area contributed by atoms with Crippen LogP contribution in [0.15, 0.2) is 48.5 Å². The van der Waals surface area contributed by atoms with Gasteiger partial charge in [0.15, 0.2) is 11.5 Å². The van der Waals surface area contributed by atoms with Gasteiger partial charge >= 0.3 is 12.0 Å². The fourth-order valence-corrected chi connectivity index (χ4v) is 6.02. The number of rotatable bonds is 8. The molecule has 3 aromatic rings. The number of fused-ring (bicyclic) bond motifs is 3. The minimum Gasteiger partial charge on any atom is -0.493 e. The zero-order valence-corrected chi connectivity index (χ0v) is 25.5. The topological polar surface area (TPSA) is 133 Å². The summed E-state index contributed by atoms with van der Waals surface area (Å²) in [5, 5.41) is 3.06. The molecule has 11 heteroatoms. The van der Waals surface area contributed by atoms with Gasteiger partial charge in [-0.2, -0.15) is 0 Å². The maximum atomic E-state index is 13.3. The van der Waals surface area contributed by atoms with E-state index in [1.54, 1.807) is 44.4 Å². The maximum absolute atomic E-state index is 13.3. The van der Waals surface area contributed by atoms with Gasteiger partial charge in [-0.15, -0.1) is 0 Å². The number of esters is 1. The fourth-order valence-electron chi connectivity index (χ4n) is 6.02. The minimum atomic E-state index is -0.487. The molecule has 1 aliphatic heterocycles. The molecule has 1 heterocycles. The number of methoxy groups -OCH3 is 3. The van der Waals surface area contributed by atoms with E-state index in [0.29, 0.717) is 74.1 Å². The average molecular weight is 603 g/mol. The van der Waals surface area contributed by atoms with Gasteiger partial charge in [-0.3, -0.25) is 9.69 Å². The molecule has 3 amide bonds. The molecule has 0 aromatic heterocycles. The summed E-state index contributed by atoms with van der Waals surface area (Å²) in [6.07, 6.45) is 1.26. The van der Waals surface area contributed by atoms with Gasteiger partial charge in [0.05, 0.1) is 32.9 Å². The molecule has 1 saturated heterocycles. The van der Waals surface area contributed by atoms with E-state index in [2.05, 4.69) is 10.2 Å². The summed E-state index contributed by atoms with van der Waals surface area (Å²) >= 11 is 0. The monoisotopic (exact) mass is 602 g/mol. The van der Waals surface area contributed by atoms with Crippen LogP contribution in [0.2, 0.25) is 0 Å². The van der Waals surface area contributed by atoms with Gasteiger partial charge in [-0.1, -0.05) is 18.2 Å². The summed E-state index contributed by atoms with van der Waals surface area (Å²) in [6, 6.07) is 14.0. The molecule has 44 heavy (non-hydrogen) atoms. The zero-order valence-electron chi connectivity index (χ0n) is 25.5. The van der Waals surface area contributed by atoms with Crippen molar-refractivity contribution in [3.05, 3.63) is 70.8 Å². The highest BCUT2D eigenvalue weighted by molar-refractivity contribution is 5.91. The van der Waals surface area contributed by atoms with Gasteiger partial charge in [-0.05, 0) is 65.4 Å². The molecule has 1 atom stereocenters. The van der Waals surface area contributed by atoms with E-state index in [4.69, 9.17) is 24.7 Å². The molecular weight excluding hydrogens is 564 g/mol. The molecule has 0 spiro atoms. The molecular formula is C33H38N4O7.